The highest BCUT2D eigenvalue weighted by atomic mass is 15.0. The quantitative estimate of drug-likeness (QED) is 0.784. The van der Waals surface area contributed by atoms with E-state index in [0.717, 1.165) is 5.57 Å². The maximum absolute atomic E-state index is 4.25. The molecule has 1 aliphatic rings. The van der Waals surface area contributed by atoms with Crippen LogP contribution in [0.1, 0.15) is 11.1 Å². The van der Waals surface area contributed by atoms with Crippen LogP contribution in [0, 0.1) is 0 Å². The SMILES string of the molecule is C=C1/C(=C/N(C)C)c2ccccc2/C1=C\N(C)C. The van der Waals surface area contributed by atoms with Crippen LogP contribution in [-0.2, 0) is 0 Å². The molecule has 0 aliphatic heterocycles. The topological polar surface area (TPSA) is 6.48 Å². The van der Waals surface area contributed by atoms with Crippen molar-refractivity contribution in [3.63, 3.8) is 0 Å². The Balaban J connectivity index is 2.61. The van der Waals surface area contributed by atoms with Crippen molar-refractivity contribution in [1.29, 1.82) is 0 Å². The molecule has 18 heavy (non-hydrogen) atoms. The summed E-state index contributed by atoms with van der Waals surface area (Å²) in [5, 5.41) is 0. The second-order valence-corrected chi connectivity index (χ2v) is 5.04. The normalized spacial score (nSPS) is 18.3. The number of benzene rings is 1. The van der Waals surface area contributed by atoms with E-state index in [1.54, 1.807) is 0 Å². The van der Waals surface area contributed by atoms with Gasteiger partial charge in [0.2, 0.25) is 0 Å². The fourth-order valence-electron chi connectivity index (χ4n) is 2.23. The van der Waals surface area contributed by atoms with Gasteiger partial charge in [-0.15, -0.1) is 0 Å². The largest absolute Gasteiger partial charge is 0.383 e. The van der Waals surface area contributed by atoms with Gasteiger partial charge in [0.15, 0.2) is 0 Å². The molecule has 0 unspecified atom stereocenters. The second kappa shape index (κ2) is 4.73. The van der Waals surface area contributed by atoms with E-state index in [4.69, 9.17) is 0 Å². The van der Waals surface area contributed by atoms with Crippen molar-refractivity contribution < 1.29 is 0 Å². The van der Waals surface area contributed by atoms with Gasteiger partial charge in [0.05, 0.1) is 0 Å². The van der Waals surface area contributed by atoms with E-state index < -0.39 is 0 Å². The standard InChI is InChI=1S/C16H20N2/c1-12-15(10-17(2)3)13-8-6-7-9-14(13)16(12)11-18(4)5/h6-11H,1H2,2-5H3/b15-10-,16-11-. The van der Waals surface area contributed by atoms with Crippen molar-refractivity contribution in [2.45, 2.75) is 0 Å². The molecule has 1 aliphatic carbocycles. The third kappa shape index (κ3) is 2.19. The number of nitrogens with zero attached hydrogens (tertiary/aromatic N) is 2. The number of rotatable bonds is 2. The fourth-order valence-corrected chi connectivity index (χ4v) is 2.23. The van der Waals surface area contributed by atoms with Crippen molar-refractivity contribution >= 4 is 11.1 Å². The Morgan fingerprint density at radius 3 is 1.56 bits per heavy atom. The van der Waals surface area contributed by atoms with E-state index in [0.29, 0.717) is 0 Å². The first-order chi connectivity index (χ1) is 8.50. The average molecular weight is 240 g/mol. The molecule has 0 bridgehead atoms. The highest BCUT2D eigenvalue weighted by Crippen LogP contribution is 2.43. The predicted octanol–water partition coefficient (Wildman–Crippen LogP) is 3.06. The van der Waals surface area contributed by atoms with E-state index in [-0.39, 0.29) is 0 Å². The molecule has 0 spiro atoms. The van der Waals surface area contributed by atoms with Crippen LogP contribution in [-0.4, -0.2) is 38.0 Å². The van der Waals surface area contributed by atoms with Crippen LogP contribution in [0.5, 0.6) is 0 Å². The lowest BCUT2D eigenvalue weighted by molar-refractivity contribution is 0.565. The van der Waals surface area contributed by atoms with Crippen LogP contribution < -0.4 is 0 Å². The lowest BCUT2D eigenvalue weighted by Gasteiger charge is -2.10. The minimum absolute atomic E-state index is 1.10. The average Bonchev–Trinajstić information content (AvgIpc) is 2.54. The van der Waals surface area contributed by atoms with Gasteiger partial charge in [-0.1, -0.05) is 30.8 Å². The molecule has 0 amide bonds. The van der Waals surface area contributed by atoms with Gasteiger partial charge in [0.1, 0.15) is 0 Å². The Bertz CT molecular complexity index is 487. The lowest BCUT2D eigenvalue weighted by Crippen LogP contribution is -2.03. The number of allylic oxidation sites excluding steroid dienone is 3. The number of hydrogen-bond donors (Lipinski definition) is 0. The molecule has 0 saturated carbocycles. The van der Waals surface area contributed by atoms with Gasteiger partial charge in [0, 0.05) is 51.7 Å². The minimum Gasteiger partial charge on any atom is -0.383 e. The molecule has 0 saturated heterocycles. The molecule has 0 N–H and O–H groups in total. The maximum atomic E-state index is 4.25. The third-order valence-electron chi connectivity index (χ3n) is 2.93. The van der Waals surface area contributed by atoms with Crippen LogP contribution in [0.25, 0.3) is 11.1 Å². The van der Waals surface area contributed by atoms with Gasteiger partial charge in [-0.3, -0.25) is 0 Å². The molecule has 0 heterocycles. The van der Waals surface area contributed by atoms with E-state index in [2.05, 4.69) is 53.0 Å². The first-order valence-electron chi connectivity index (χ1n) is 6.06. The van der Waals surface area contributed by atoms with E-state index in [1.807, 2.05) is 28.2 Å². The predicted molar refractivity (Wildman–Crippen MR) is 78.9 cm³/mol. The van der Waals surface area contributed by atoms with Crippen LogP contribution in [0.3, 0.4) is 0 Å². The summed E-state index contributed by atoms with van der Waals surface area (Å²) in [4.78, 5) is 4.13. The molecule has 2 rings (SSSR count). The Labute approximate surface area is 110 Å². The molecule has 94 valence electrons. The van der Waals surface area contributed by atoms with Crippen LogP contribution >= 0.6 is 0 Å². The van der Waals surface area contributed by atoms with Gasteiger partial charge in [-0.05, 0) is 16.7 Å². The summed E-state index contributed by atoms with van der Waals surface area (Å²) in [5.41, 5.74) is 6.06. The van der Waals surface area contributed by atoms with Crippen molar-refractivity contribution in [3.05, 3.63) is 59.9 Å². The van der Waals surface area contributed by atoms with Crippen LogP contribution in [0.4, 0.5) is 0 Å². The highest BCUT2D eigenvalue weighted by molar-refractivity contribution is 6.07. The molecule has 2 heteroatoms. The van der Waals surface area contributed by atoms with Gasteiger partial charge in [0.25, 0.3) is 0 Å². The Hall–Kier alpha value is -1.96. The molecular formula is C16H20N2. The second-order valence-electron chi connectivity index (χ2n) is 5.04. The van der Waals surface area contributed by atoms with E-state index >= 15 is 0 Å². The van der Waals surface area contributed by atoms with Crippen LogP contribution in [0.15, 0.2) is 48.8 Å². The van der Waals surface area contributed by atoms with E-state index in [9.17, 15) is 0 Å². The molecule has 2 nitrogen and oxygen atoms in total. The van der Waals surface area contributed by atoms with Crippen molar-refractivity contribution in [3.8, 4) is 0 Å². The Morgan fingerprint density at radius 1 is 0.833 bits per heavy atom. The summed E-state index contributed by atoms with van der Waals surface area (Å²) in [6.07, 6.45) is 4.27. The van der Waals surface area contributed by atoms with Crippen molar-refractivity contribution in [2.24, 2.45) is 0 Å². The Kier molecular flexibility index (Phi) is 3.28. The summed E-state index contributed by atoms with van der Waals surface area (Å²) in [5.74, 6) is 0. The molecule has 0 fully saturated rings. The zero-order valence-electron chi connectivity index (χ0n) is 11.6. The summed E-state index contributed by atoms with van der Waals surface area (Å²) < 4.78 is 0. The van der Waals surface area contributed by atoms with Crippen molar-refractivity contribution in [2.75, 3.05) is 28.2 Å². The molecule has 1 aromatic rings. The van der Waals surface area contributed by atoms with Gasteiger partial charge in [-0.25, -0.2) is 0 Å². The summed E-state index contributed by atoms with van der Waals surface area (Å²) in [6.45, 7) is 4.25. The minimum atomic E-state index is 1.10. The van der Waals surface area contributed by atoms with Gasteiger partial charge in [-0.2, -0.15) is 0 Å². The molecule has 0 radical (unpaired) electrons. The first-order valence-corrected chi connectivity index (χ1v) is 6.06. The highest BCUT2D eigenvalue weighted by Gasteiger charge is 2.24. The summed E-state index contributed by atoms with van der Waals surface area (Å²) >= 11 is 0. The molecule has 0 atom stereocenters. The van der Waals surface area contributed by atoms with Crippen LogP contribution in [0.2, 0.25) is 0 Å². The van der Waals surface area contributed by atoms with E-state index in [1.165, 1.54) is 22.3 Å². The maximum Gasteiger partial charge on any atom is 0.00710 e. The molecule has 0 aromatic heterocycles. The summed E-state index contributed by atoms with van der Waals surface area (Å²) in [7, 11) is 8.15. The zero-order chi connectivity index (χ0) is 13.3. The van der Waals surface area contributed by atoms with Gasteiger partial charge >= 0.3 is 0 Å². The van der Waals surface area contributed by atoms with Gasteiger partial charge < -0.3 is 9.80 Å². The zero-order valence-corrected chi connectivity index (χ0v) is 11.6. The monoisotopic (exact) mass is 240 g/mol. The third-order valence-corrected chi connectivity index (χ3v) is 2.93. The summed E-state index contributed by atoms with van der Waals surface area (Å²) in [6, 6.07) is 8.47. The fraction of sp³-hybridized carbons (Fsp3) is 0.250. The molecule has 1 aromatic carbocycles. The number of hydrogen-bond acceptors (Lipinski definition) is 2. The first kappa shape index (κ1) is 12.5. The number of fused-ring (bicyclic) bond motifs is 1. The van der Waals surface area contributed by atoms with Crippen molar-refractivity contribution in [1.82, 2.24) is 9.80 Å². The molecular weight excluding hydrogens is 220 g/mol. The smallest absolute Gasteiger partial charge is 0.00710 e. The lowest BCUT2D eigenvalue weighted by atomic mass is 10.1. The Morgan fingerprint density at radius 2 is 1.22 bits per heavy atom.